The van der Waals surface area contributed by atoms with E-state index in [0.717, 1.165) is 18.7 Å². The zero-order valence-corrected chi connectivity index (χ0v) is 17.2. The maximum atomic E-state index is 11.6. The molecule has 2 saturated heterocycles. The van der Waals surface area contributed by atoms with Gasteiger partial charge in [-0.25, -0.2) is 8.42 Å². The number of aliphatic hydroxyl groups excluding tert-OH is 1. The molecule has 2 fully saturated rings. The molecule has 2 aliphatic rings. The summed E-state index contributed by atoms with van der Waals surface area (Å²) in [4.78, 5) is 4.29. The van der Waals surface area contributed by atoms with Crippen LogP contribution in [0.3, 0.4) is 0 Å². The highest BCUT2D eigenvalue weighted by molar-refractivity contribution is 7.91. The largest absolute Gasteiger partial charge is 0.493 e. The second-order valence-corrected chi connectivity index (χ2v) is 9.59. The molecule has 2 heterocycles. The highest BCUT2D eigenvalue weighted by Crippen LogP contribution is 2.29. The van der Waals surface area contributed by atoms with Gasteiger partial charge in [0.2, 0.25) is 0 Å². The Hall–Kier alpha value is -1.39. The first-order valence-corrected chi connectivity index (χ1v) is 11.5. The Balaban J connectivity index is 1.54. The molecule has 0 aromatic heterocycles. The zero-order valence-electron chi connectivity index (χ0n) is 16.4. The van der Waals surface area contributed by atoms with E-state index in [1.807, 2.05) is 18.2 Å². The van der Waals surface area contributed by atoms with E-state index in [2.05, 4.69) is 9.80 Å². The molecule has 3 rings (SSSR count). The van der Waals surface area contributed by atoms with Crippen molar-refractivity contribution < 1.29 is 27.7 Å². The first-order valence-electron chi connectivity index (χ1n) is 9.66. The molecule has 28 heavy (non-hydrogen) atoms. The molecular formula is C19H30N2O6S. The van der Waals surface area contributed by atoms with E-state index in [1.54, 1.807) is 7.11 Å². The van der Waals surface area contributed by atoms with Gasteiger partial charge in [0.15, 0.2) is 21.3 Å². The molecule has 1 aromatic rings. The van der Waals surface area contributed by atoms with Crippen LogP contribution in [0.1, 0.15) is 5.56 Å². The monoisotopic (exact) mass is 414 g/mol. The molecule has 1 N–H and O–H groups in total. The number of aliphatic hydroxyl groups is 1. The number of nitrogens with zero attached hydrogens (tertiary/aromatic N) is 2. The first kappa shape index (κ1) is 21.3. The van der Waals surface area contributed by atoms with Crippen LogP contribution in [0.25, 0.3) is 0 Å². The van der Waals surface area contributed by atoms with Crippen molar-refractivity contribution in [3.63, 3.8) is 0 Å². The lowest BCUT2D eigenvalue weighted by Crippen LogP contribution is -2.42. The third-order valence-corrected chi connectivity index (χ3v) is 6.68. The number of methoxy groups -OCH3 is 1. The number of sulfone groups is 1. The van der Waals surface area contributed by atoms with Gasteiger partial charge in [0.05, 0.1) is 31.8 Å². The molecule has 9 heteroatoms. The summed E-state index contributed by atoms with van der Waals surface area (Å²) in [6.45, 7) is 5.51. The molecule has 0 bridgehead atoms. The van der Waals surface area contributed by atoms with Gasteiger partial charge in [-0.3, -0.25) is 9.80 Å². The van der Waals surface area contributed by atoms with Crippen LogP contribution in [0.2, 0.25) is 0 Å². The van der Waals surface area contributed by atoms with Gasteiger partial charge in [0.25, 0.3) is 0 Å². The molecule has 158 valence electrons. The van der Waals surface area contributed by atoms with Crippen molar-refractivity contribution in [2.45, 2.75) is 12.6 Å². The van der Waals surface area contributed by atoms with Gasteiger partial charge in [-0.1, -0.05) is 6.07 Å². The molecular weight excluding hydrogens is 384 g/mol. The molecule has 0 amide bonds. The summed E-state index contributed by atoms with van der Waals surface area (Å²) in [7, 11) is -1.30. The highest BCUT2D eigenvalue weighted by atomic mass is 32.2. The van der Waals surface area contributed by atoms with Crippen molar-refractivity contribution in [1.29, 1.82) is 0 Å². The van der Waals surface area contributed by atoms with E-state index in [1.165, 1.54) is 0 Å². The lowest BCUT2D eigenvalue weighted by atomic mass is 10.2. The van der Waals surface area contributed by atoms with Crippen molar-refractivity contribution in [2.24, 2.45) is 0 Å². The third-order valence-electron chi connectivity index (χ3n) is 5.08. The molecule has 0 radical (unpaired) electrons. The van der Waals surface area contributed by atoms with E-state index in [4.69, 9.17) is 14.2 Å². The van der Waals surface area contributed by atoms with E-state index in [-0.39, 0.29) is 18.1 Å². The van der Waals surface area contributed by atoms with Gasteiger partial charge in [0.1, 0.15) is 12.7 Å². The fraction of sp³-hybridized carbons (Fsp3) is 0.684. The van der Waals surface area contributed by atoms with Crippen LogP contribution in [0.4, 0.5) is 0 Å². The molecule has 1 atom stereocenters. The summed E-state index contributed by atoms with van der Waals surface area (Å²) < 4.78 is 39.7. The second-order valence-electron chi connectivity index (χ2n) is 7.29. The van der Waals surface area contributed by atoms with Gasteiger partial charge in [-0.15, -0.1) is 0 Å². The summed E-state index contributed by atoms with van der Waals surface area (Å²) in [6, 6.07) is 5.71. The van der Waals surface area contributed by atoms with Crippen LogP contribution < -0.4 is 9.47 Å². The smallest absolute Gasteiger partial charge is 0.161 e. The molecule has 0 spiro atoms. The molecule has 0 saturated carbocycles. The highest BCUT2D eigenvalue weighted by Gasteiger charge is 2.22. The van der Waals surface area contributed by atoms with Crippen molar-refractivity contribution in [3.8, 4) is 11.5 Å². The fourth-order valence-corrected chi connectivity index (χ4v) is 4.70. The van der Waals surface area contributed by atoms with Gasteiger partial charge in [-0.05, 0) is 17.7 Å². The Kier molecular flexibility index (Phi) is 7.53. The molecule has 1 aromatic carbocycles. The lowest BCUT2D eigenvalue weighted by molar-refractivity contribution is 0.00444. The standard InChI is InChI=1S/C19H30N2O6S/c1-25-18-3-2-16(13-21-6-10-28(23,24)11-7-21)12-19(18)27-15-17(22)14-20-4-8-26-9-5-20/h2-3,12,17,22H,4-11,13-15H2,1H3. The van der Waals surface area contributed by atoms with Crippen molar-refractivity contribution in [1.82, 2.24) is 9.80 Å². The first-order chi connectivity index (χ1) is 13.4. The Morgan fingerprint density at radius 2 is 1.82 bits per heavy atom. The summed E-state index contributed by atoms with van der Waals surface area (Å²) in [5, 5.41) is 10.3. The average Bonchev–Trinajstić information content (AvgIpc) is 2.69. The molecule has 0 aliphatic carbocycles. The number of ether oxygens (including phenoxy) is 3. The SMILES string of the molecule is COc1ccc(CN2CCS(=O)(=O)CC2)cc1OCC(O)CN1CCOCC1. The van der Waals surface area contributed by atoms with Crippen LogP contribution in [0.5, 0.6) is 11.5 Å². The van der Waals surface area contributed by atoms with E-state index in [9.17, 15) is 13.5 Å². The molecule has 1 unspecified atom stereocenters. The topological polar surface area (TPSA) is 88.5 Å². The molecule has 8 nitrogen and oxygen atoms in total. The maximum Gasteiger partial charge on any atom is 0.161 e. The summed E-state index contributed by atoms with van der Waals surface area (Å²) in [6.07, 6.45) is -0.598. The van der Waals surface area contributed by atoms with Crippen LogP contribution >= 0.6 is 0 Å². The Bertz CT molecular complexity index is 722. The lowest BCUT2D eigenvalue weighted by Gasteiger charge is -2.28. The van der Waals surface area contributed by atoms with E-state index < -0.39 is 15.9 Å². The Morgan fingerprint density at radius 1 is 1.11 bits per heavy atom. The summed E-state index contributed by atoms with van der Waals surface area (Å²) >= 11 is 0. The van der Waals surface area contributed by atoms with Crippen molar-refractivity contribution >= 4 is 9.84 Å². The number of morpholine rings is 1. The molecule has 2 aliphatic heterocycles. The zero-order chi connectivity index (χ0) is 20.0. The van der Waals surface area contributed by atoms with Crippen LogP contribution in [-0.2, 0) is 21.1 Å². The Morgan fingerprint density at radius 3 is 2.50 bits per heavy atom. The van der Waals surface area contributed by atoms with E-state index >= 15 is 0 Å². The van der Waals surface area contributed by atoms with E-state index in [0.29, 0.717) is 50.9 Å². The van der Waals surface area contributed by atoms with Crippen LogP contribution in [-0.4, -0.2) is 101 Å². The second kappa shape index (κ2) is 9.89. The van der Waals surface area contributed by atoms with Gasteiger partial charge < -0.3 is 19.3 Å². The predicted octanol–water partition coefficient (Wildman–Crippen LogP) is -0.00250. The van der Waals surface area contributed by atoms with Gasteiger partial charge >= 0.3 is 0 Å². The minimum atomic E-state index is -2.88. The number of benzene rings is 1. The minimum Gasteiger partial charge on any atom is -0.493 e. The number of rotatable bonds is 8. The van der Waals surface area contributed by atoms with Crippen molar-refractivity contribution in [3.05, 3.63) is 23.8 Å². The van der Waals surface area contributed by atoms with Gasteiger partial charge in [0, 0.05) is 39.3 Å². The normalized spacial score (nSPS) is 21.9. The fourth-order valence-electron chi connectivity index (χ4n) is 3.42. The van der Waals surface area contributed by atoms with Crippen LogP contribution in [0.15, 0.2) is 18.2 Å². The predicted molar refractivity (Wildman–Crippen MR) is 106 cm³/mol. The average molecular weight is 415 g/mol. The van der Waals surface area contributed by atoms with Gasteiger partial charge in [-0.2, -0.15) is 0 Å². The summed E-state index contributed by atoms with van der Waals surface area (Å²) in [5.74, 6) is 1.62. The Labute approximate surface area is 166 Å². The van der Waals surface area contributed by atoms with Crippen molar-refractivity contribution in [2.75, 3.05) is 71.2 Å². The third kappa shape index (κ3) is 6.31. The maximum absolute atomic E-state index is 11.6. The van der Waals surface area contributed by atoms with Crippen LogP contribution in [0, 0.1) is 0 Å². The number of β-amino-alcohol motifs (C(OH)–C–C–N with tert-alkyl or cyclic N) is 1. The quantitative estimate of drug-likeness (QED) is 0.636. The number of hydrogen-bond acceptors (Lipinski definition) is 8. The minimum absolute atomic E-state index is 0.180. The summed E-state index contributed by atoms with van der Waals surface area (Å²) in [5.41, 5.74) is 1.03. The number of hydrogen-bond donors (Lipinski definition) is 1.